The van der Waals surface area contributed by atoms with Gasteiger partial charge in [0.1, 0.15) is 0 Å². The van der Waals surface area contributed by atoms with E-state index in [1.807, 2.05) is 0 Å². The Morgan fingerprint density at radius 3 is 2.71 bits per heavy atom. The maximum atomic E-state index is 13.4. The smallest absolute Gasteiger partial charge is 0.257 e. The zero-order chi connectivity index (χ0) is 13.1. The number of carbonyl (C=O) groups excluding carboxylic acids is 1. The van der Waals surface area contributed by atoms with Gasteiger partial charge in [0.05, 0.1) is 17.4 Å². The van der Waals surface area contributed by atoms with Crippen LogP contribution in [0.15, 0.2) is 18.5 Å². The van der Waals surface area contributed by atoms with Crippen molar-refractivity contribution in [2.45, 2.75) is 26.4 Å². The molecule has 0 radical (unpaired) electrons. The number of aromatic nitrogens is 1. The number of hydrogen-bond donors (Lipinski definition) is 1. The third kappa shape index (κ3) is 3.78. The van der Waals surface area contributed by atoms with E-state index < -0.39 is 17.3 Å². The van der Waals surface area contributed by atoms with E-state index in [4.69, 9.17) is 0 Å². The summed E-state index contributed by atoms with van der Waals surface area (Å²) in [5, 5.41) is 9.68. The van der Waals surface area contributed by atoms with E-state index in [0.29, 0.717) is 6.54 Å². The minimum absolute atomic E-state index is 0.0221. The highest BCUT2D eigenvalue weighted by molar-refractivity contribution is 5.94. The van der Waals surface area contributed by atoms with Gasteiger partial charge in [-0.3, -0.25) is 9.78 Å². The summed E-state index contributed by atoms with van der Waals surface area (Å²) in [4.78, 5) is 17.0. The topological polar surface area (TPSA) is 53.4 Å². The van der Waals surface area contributed by atoms with E-state index in [2.05, 4.69) is 4.98 Å². The Kier molecular flexibility index (Phi) is 4.17. The second-order valence-electron chi connectivity index (χ2n) is 4.49. The fourth-order valence-electron chi connectivity index (χ4n) is 1.51. The fraction of sp³-hybridized carbons (Fsp3) is 0.500. The monoisotopic (exact) mass is 240 g/mol. The molecule has 1 aromatic rings. The van der Waals surface area contributed by atoms with Crippen LogP contribution in [0, 0.1) is 5.82 Å². The van der Waals surface area contributed by atoms with Gasteiger partial charge in [0.2, 0.25) is 0 Å². The summed E-state index contributed by atoms with van der Waals surface area (Å²) in [6.45, 7) is 5.55. The molecule has 0 aliphatic heterocycles. The third-order valence-electron chi connectivity index (χ3n) is 2.25. The maximum Gasteiger partial charge on any atom is 0.257 e. The summed E-state index contributed by atoms with van der Waals surface area (Å²) in [7, 11) is 0. The predicted octanol–water partition coefficient (Wildman–Crippen LogP) is 1.45. The van der Waals surface area contributed by atoms with E-state index >= 15 is 0 Å². The molecule has 0 unspecified atom stereocenters. The van der Waals surface area contributed by atoms with Crippen molar-refractivity contribution in [2.75, 3.05) is 13.1 Å². The molecule has 1 rings (SSSR count). The minimum Gasteiger partial charge on any atom is -0.389 e. The van der Waals surface area contributed by atoms with Crippen LogP contribution < -0.4 is 0 Å². The van der Waals surface area contributed by atoms with Gasteiger partial charge in [-0.15, -0.1) is 0 Å². The lowest BCUT2D eigenvalue weighted by Gasteiger charge is -2.28. The summed E-state index contributed by atoms with van der Waals surface area (Å²) >= 11 is 0. The molecule has 5 heteroatoms. The van der Waals surface area contributed by atoms with Crippen LogP contribution in [0.25, 0.3) is 0 Å². The number of halogens is 1. The van der Waals surface area contributed by atoms with Crippen LogP contribution in [-0.2, 0) is 0 Å². The quantitative estimate of drug-likeness (QED) is 0.866. The Morgan fingerprint density at radius 2 is 2.24 bits per heavy atom. The van der Waals surface area contributed by atoms with Gasteiger partial charge in [-0.25, -0.2) is 4.39 Å². The summed E-state index contributed by atoms with van der Waals surface area (Å²) in [5.74, 6) is -1.08. The Labute approximate surface area is 100 Å². The van der Waals surface area contributed by atoms with Gasteiger partial charge in [-0.2, -0.15) is 0 Å². The van der Waals surface area contributed by atoms with Crippen LogP contribution in [0.5, 0.6) is 0 Å². The second-order valence-corrected chi connectivity index (χ2v) is 4.49. The molecule has 0 saturated carbocycles. The second kappa shape index (κ2) is 5.23. The first-order valence-corrected chi connectivity index (χ1v) is 5.46. The number of pyridine rings is 1. The Morgan fingerprint density at radius 1 is 1.59 bits per heavy atom. The number of hydrogen-bond acceptors (Lipinski definition) is 3. The van der Waals surface area contributed by atoms with Crippen molar-refractivity contribution in [3.8, 4) is 0 Å². The Hall–Kier alpha value is -1.49. The number of likely N-dealkylation sites (N-methyl/N-ethyl adjacent to an activating group) is 1. The highest BCUT2D eigenvalue weighted by Crippen LogP contribution is 2.12. The first kappa shape index (κ1) is 13.6. The maximum absolute atomic E-state index is 13.4. The van der Waals surface area contributed by atoms with Crippen molar-refractivity contribution in [2.24, 2.45) is 0 Å². The van der Waals surface area contributed by atoms with Crippen molar-refractivity contribution < 1.29 is 14.3 Å². The van der Waals surface area contributed by atoms with E-state index in [1.54, 1.807) is 20.8 Å². The molecule has 0 bridgehead atoms. The molecular formula is C12H17FN2O2. The lowest BCUT2D eigenvalue weighted by atomic mass is 10.1. The lowest BCUT2D eigenvalue weighted by Crippen LogP contribution is -2.42. The van der Waals surface area contributed by atoms with Crippen molar-refractivity contribution in [3.05, 3.63) is 29.8 Å². The number of carbonyl (C=O) groups is 1. The van der Waals surface area contributed by atoms with Crippen LogP contribution in [0.4, 0.5) is 4.39 Å². The predicted molar refractivity (Wildman–Crippen MR) is 62.1 cm³/mol. The molecule has 0 spiro atoms. The number of rotatable bonds is 4. The van der Waals surface area contributed by atoms with Crippen molar-refractivity contribution >= 4 is 5.91 Å². The molecule has 4 nitrogen and oxygen atoms in total. The van der Waals surface area contributed by atoms with Gasteiger partial charge in [-0.05, 0) is 26.8 Å². The van der Waals surface area contributed by atoms with Crippen LogP contribution in [0.3, 0.4) is 0 Å². The van der Waals surface area contributed by atoms with E-state index in [-0.39, 0.29) is 12.1 Å². The third-order valence-corrected chi connectivity index (χ3v) is 2.25. The molecular weight excluding hydrogens is 223 g/mol. The number of amides is 1. The average molecular weight is 240 g/mol. The summed E-state index contributed by atoms with van der Waals surface area (Å²) in [5.41, 5.74) is -1.03. The van der Waals surface area contributed by atoms with Gasteiger partial charge in [-0.1, -0.05) is 0 Å². The molecule has 0 aliphatic carbocycles. The van der Waals surface area contributed by atoms with Gasteiger partial charge in [0.15, 0.2) is 5.82 Å². The van der Waals surface area contributed by atoms with Gasteiger partial charge in [0, 0.05) is 19.3 Å². The molecule has 94 valence electrons. The zero-order valence-electron chi connectivity index (χ0n) is 10.3. The van der Waals surface area contributed by atoms with Crippen LogP contribution >= 0.6 is 0 Å². The van der Waals surface area contributed by atoms with Crippen LogP contribution in [0.1, 0.15) is 31.1 Å². The molecule has 1 N–H and O–H groups in total. The van der Waals surface area contributed by atoms with Gasteiger partial charge < -0.3 is 10.0 Å². The lowest BCUT2D eigenvalue weighted by molar-refractivity contribution is 0.0312. The Bertz CT molecular complexity index is 402. The number of aliphatic hydroxyl groups is 1. The molecule has 1 aromatic heterocycles. The minimum atomic E-state index is -1.00. The van der Waals surface area contributed by atoms with Crippen LogP contribution in [0.2, 0.25) is 0 Å². The molecule has 0 saturated heterocycles. The van der Waals surface area contributed by atoms with E-state index in [9.17, 15) is 14.3 Å². The SMILES string of the molecule is CCN(CC(C)(C)O)C(=O)c1ccncc1F. The summed E-state index contributed by atoms with van der Waals surface area (Å²) in [6.07, 6.45) is 2.37. The normalized spacial score (nSPS) is 11.4. The Balaban J connectivity index is 2.91. The largest absolute Gasteiger partial charge is 0.389 e. The van der Waals surface area contributed by atoms with Crippen molar-refractivity contribution in [3.63, 3.8) is 0 Å². The molecule has 0 aromatic carbocycles. The molecule has 0 aliphatic rings. The summed E-state index contributed by atoms with van der Waals surface area (Å²) in [6, 6.07) is 1.34. The van der Waals surface area contributed by atoms with E-state index in [1.165, 1.54) is 17.2 Å². The molecule has 0 fully saturated rings. The van der Waals surface area contributed by atoms with Gasteiger partial charge in [0.25, 0.3) is 5.91 Å². The summed E-state index contributed by atoms with van der Waals surface area (Å²) < 4.78 is 13.4. The van der Waals surface area contributed by atoms with Crippen molar-refractivity contribution in [1.29, 1.82) is 0 Å². The van der Waals surface area contributed by atoms with Crippen molar-refractivity contribution in [1.82, 2.24) is 9.88 Å². The van der Waals surface area contributed by atoms with Crippen LogP contribution in [-0.4, -0.2) is 39.6 Å². The highest BCUT2D eigenvalue weighted by Gasteiger charge is 2.23. The fourth-order valence-corrected chi connectivity index (χ4v) is 1.51. The highest BCUT2D eigenvalue weighted by atomic mass is 19.1. The zero-order valence-corrected chi connectivity index (χ0v) is 10.3. The number of nitrogens with zero attached hydrogens (tertiary/aromatic N) is 2. The molecule has 0 atom stereocenters. The molecule has 1 heterocycles. The molecule has 17 heavy (non-hydrogen) atoms. The first-order chi connectivity index (χ1) is 7.85. The van der Waals surface area contributed by atoms with E-state index in [0.717, 1.165) is 6.20 Å². The molecule has 1 amide bonds. The standard InChI is InChI=1S/C12H17FN2O2/c1-4-15(8-12(2,3)17)11(16)9-5-6-14-7-10(9)13/h5-7,17H,4,8H2,1-3H3. The first-order valence-electron chi connectivity index (χ1n) is 5.46. The average Bonchev–Trinajstić information content (AvgIpc) is 2.24. The van der Waals surface area contributed by atoms with Gasteiger partial charge >= 0.3 is 0 Å².